The third-order valence-electron chi connectivity index (χ3n) is 7.85. The average Bonchev–Trinajstić information content (AvgIpc) is 2.98. The first-order chi connectivity index (χ1) is 21.2. The van der Waals surface area contributed by atoms with Crippen LogP contribution in [0.4, 0.5) is 30.3 Å². The summed E-state index contributed by atoms with van der Waals surface area (Å²) < 4.78 is 32.4. The fourth-order valence-electron chi connectivity index (χ4n) is 5.69. The van der Waals surface area contributed by atoms with Gasteiger partial charge in [0.25, 0.3) is 0 Å². The van der Waals surface area contributed by atoms with Gasteiger partial charge in [-0.05, 0) is 70.0 Å². The van der Waals surface area contributed by atoms with Crippen molar-refractivity contribution in [2.45, 2.75) is 71.1 Å². The molecule has 0 spiro atoms. The molecule has 2 N–H and O–H groups in total. The predicted octanol–water partition coefficient (Wildman–Crippen LogP) is 7.00. The summed E-state index contributed by atoms with van der Waals surface area (Å²) in [5.41, 5.74) is 0.440. The third-order valence-corrected chi connectivity index (χ3v) is 8.22. The number of carbonyl (C=O) groups is 3. The van der Waals surface area contributed by atoms with E-state index in [1.807, 2.05) is 0 Å². The molecular weight excluding hydrogens is 609 g/mol. The fourth-order valence-corrected chi connectivity index (χ4v) is 5.95. The number of likely N-dealkylation sites (N-methyl/N-ethyl adjacent to an activating group) is 1. The Morgan fingerprint density at radius 2 is 1.89 bits per heavy atom. The van der Waals surface area contributed by atoms with Crippen LogP contribution in [0.25, 0.3) is 21.9 Å². The van der Waals surface area contributed by atoms with E-state index in [0.717, 1.165) is 17.7 Å². The van der Waals surface area contributed by atoms with Crippen molar-refractivity contribution < 1.29 is 38.1 Å². The number of nitrogens with zero attached hydrogens (tertiary/aromatic N) is 4. The molecule has 45 heavy (non-hydrogen) atoms. The quantitative estimate of drug-likeness (QED) is 0.307. The maximum atomic E-state index is 15.6. The number of halogens is 2. The molecular formula is C31H35ClFN5O7. The molecule has 1 aromatic carbocycles. The van der Waals surface area contributed by atoms with E-state index in [9.17, 15) is 19.5 Å². The zero-order valence-corrected chi connectivity index (χ0v) is 26.4. The van der Waals surface area contributed by atoms with Crippen molar-refractivity contribution in [1.29, 1.82) is 0 Å². The van der Waals surface area contributed by atoms with Crippen LogP contribution in [0.3, 0.4) is 0 Å². The van der Waals surface area contributed by atoms with E-state index in [2.05, 4.69) is 15.3 Å². The first kappa shape index (κ1) is 32.0. The van der Waals surface area contributed by atoms with Gasteiger partial charge in [0, 0.05) is 36.0 Å². The van der Waals surface area contributed by atoms with Crippen LogP contribution in [0.2, 0.25) is 5.02 Å². The summed E-state index contributed by atoms with van der Waals surface area (Å²) in [6.45, 7) is 7.27. The van der Waals surface area contributed by atoms with Crippen LogP contribution in [0.5, 0.6) is 5.88 Å². The highest BCUT2D eigenvalue weighted by Crippen LogP contribution is 2.42. The number of amides is 3. The number of hydrogen-bond acceptors (Lipinski definition) is 8. The molecule has 3 heterocycles. The molecule has 0 radical (unpaired) electrons. The minimum absolute atomic E-state index is 0.0890. The molecule has 1 fully saturated rings. The van der Waals surface area contributed by atoms with E-state index in [1.54, 1.807) is 34.7 Å². The molecule has 14 heteroatoms. The van der Waals surface area contributed by atoms with Gasteiger partial charge in [-0.15, -0.1) is 0 Å². The van der Waals surface area contributed by atoms with Crippen molar-refractivity contribution in [2.75, 3.05) is 30.4 Å². The first-order valence-electron chi connectivity index (χ1n) is 14.6. The lowest BCUT2D eigenvalue weighted by Crippen LogP contribution is -2.49. The third kappa shape index (κ3) is 6.68. The Morgan fingerprint density at radius 1 is 1.16 bits per heavy atom. The summed E-state index contributed by atoms with van der Waals surface area (Å²) in [5, 5.41) is 12.9. The minimum atomic E-state index is -1.18. The summed E-state index contributed by atoms with van der Waals surface area (Å²) in [4.78, 5) is 48.6. The molecule has 5 rings (SSSR count). The molecule has 0 bridgehead atoms. The van der Waals surface area contributed by atoms with Gasteiger partial charge >= 0.3 is 18.3 Å². The molecule has 1 aliphatic heterocycles. The van der Waals surface area contributed by atoms with E-state index < -0.39 is 35.8 Å². The number of benzene rings is 1. The highest BCUT2D eigenvalue weighted by Gasteiger charge is 2.35. The smallest absolute Gasteiger partial charge is 0.413 e. The number of carbonyl (C=O) groups excluding carboxylic acids is 2. The van der Waals surface area contributed by atoms with E-state index in [1.165, 1.54) is 29.4 Å². The predicted molar refractivity (Wildman–Crippen MR) is 166 cm³/mol. The second-order valence-corrected chi connectivity index (χ2v) is 12.5. The molecule has 240 valence electrons. The molecule has 2 aliphatic rings. The highest BCUT2D eigenvalue weighted by atomic mass is 35.5. The van der Waals surface area contributed by atoms with Crippen molar-refractivity contribution in [3.8, 4) is 17.0 Å². The number of hydrogen-bond donors (Lipinski definition) is 2. The Kier molecular flexibility index (Phi) is 8.92. The summed E-state index contributed by atoms with van der Waals surface area (Å²) >= 11 is 6.43. The van der Waals surface area contributed by atoms with Gasteiger partial charge in [-0.3, -0.25) is 10.2 Å². The maximum Gasteiger partial charge on any atom is 0.413 e. The number of anilines is 2. The standard InChI is InChI=1S/C31H35ClFN5O7/c1-16-19(14-35-27-26(16)38(29(40)41)10-11-43-27)18-12-17-13-23(34-15-20(17)24(32)25(18)33)36-28(39)44-22-9-7-6-8-21(22)37(5)30(42)45-31(2,3)4/h12-15,21-22H,6-11H2,1-5H3,(H,40,41)(H,34,36,39). The second-order valence-electron chi connectivity index (χ2n) is 12.1. The van der Waals surface area contributed by atoms with Crippen LogP contribution in [-0.4, -0.2) is 76.2 Å². The number of rotatable bonds is 4. The van der Waals surface area contributed by atoms with Gasteiger partial charge < -0.3 is 24.2 Å². The van der Waals surface area contributed by atoms with Crippen molar-refractivity contribution >= 4 is 52.2 Å². The lowest BCUT2D eigenvalue weighted by atomic mass is 9.91. The first-order valence-corrected chi connectivity index (χ1v) is 15.0. The number of nitrogens with one attached hydrogen (secondary N) is 1. The second kappa shape index (κ2) is 12.5. The van der Waals surface area contributed by atoms with Gasteiger partial charge in [0.05, 0.1) is 17.6 Å². The molecule has 0 saturated heterocycles. The molecule has 1 aliphatic carbocycles. The Balaban J connectivity index is 1.39. The zero-order chi connectivity index (χ0) is 32.6. The Morgan fingerprint density at radius 3 is 2.60 bits per heavy atom. The van der Waals surface area contributed by atoms with Crippen molar-refractivity contribution in [2.24, 2.45) is 0 Å². The van der Waals surface area contributed by atoms with Crippen molar-refractivity contribution in [3.63, 3.8) is 0 Å². The Hall–Kier alpha value is -4.39. The Labute approximate surface area is 264 Å². The van der Waals surface area contributed by atoms with Gasteiger partial charge in [0.15, 0.2) is 0 Å². The van der Waals surface area contributed by atoms with E-state index in [0.29, 0.717) is 34.7 Å². The summed E-state index contributed by atoms with van der Waals surface area (Å²) in [7, 11) is 1.63. The van der Waals surface area contributed by atoms with Gasteiger partial charge in [-0.25, -0.2) is 28.7 Å². The number of pyridine rings is 2. The lowest BCUT2D eigenvalue weighted by Gasteiger charge is -2.37. The van der Waals surface area contributed by atoms with Crippen LogP contribution >= 0.6 is 11.6 Å². The number of fused-ring (bicyclic) bond motifs is 2. The highest BCUT2D eigenvalue weighted by molar-refractivity contribution is 6.36. The van der Waals surface area contributed by atoms with E-state index in [4.69, 9.17) is 25.8 Å². The SMILES string of the molecule is Cc1c(-c2cc3cc(NC(=O)OC4CCCCC4N(C)C(=O)OC(C)(C)C)ncc3c(Cl)c2F)cnc2c1N(C(=O)O)CCO2. The molecule has 1 saturated carbocycles. The maximum absolute atomic E-state index is 15.6. The molecule has 12 nitrogen and oxygen atoms in total. The van der Waals surface area contributed by atoms with E-state index in [-0.39, 0.29) is 47.2 Å². The normalized spacial score (nSPS) is 18.1. The molecule has 3 aromatic rings. The van der Waals surface area contributed by atoms with Gasteiger partial charge in [-0.1, -0.05) is 18.0 Å². The summed E-state index contributed by atoms with van der Waals surface area (Å²) in [5.74, 6) is -0.449. The fraction of sp³-hybridized carbons (Fsp3) is 0.452. The van der Waals surface area contributed by atoms with Gasteiger partial charge in [0.2, 0.25) is 5.88 Å². The van der Waals surface area contributed by atoms with Crippen LogP contribution in [0.1, 0.15) is 52.0 Å². The number of carboxylic acid groups (broad SMARTS) is 1. The van der Waals surface area contributed by atoms with Crippen molar-refractivity contribution in [3.05, 3.63) is 40.9 Å². The van der Waals surface area contributed by atoms with Crippen LogP contribution < -0.4 is 15.0 Å². The van der Waals surface area contributed by atoms with Crippen LogP contribution in [-0.2, 0) is 9.47 Å². The number of ether oxygens (including phenoxy) is 3. The monoisotopic (exact) mass is 643 g/mol. The molecule has 2 aromatic heterocycles. The number of aromatic nitrogens is 2. The summed E-state index contributed by atoms with van der Waals surface area (Å²) in [6, 6.07) is 2.71. The average molecular weight is 644 g/mol. The largest absolute Gasteiger partial charge is 0.474 e. The Bertz CT molecular complexity index is 1660. The minimum Gasteiger partial charge on any atom is -0.474 e. The van der Waals surface area contributed by atoms with Gasteiger partial charge in [0.1, 0.15) is 35.6 Å². The van der Waals surface area contributed by atoms with Crippen molar-refractivity contribution in [1.82, 2.24) is 14.9 Å². The molecule has 3 amide bonds. The van der Waals surface area contributed by atoms with Crippen LogP contribution in [0.15, 0.2) is 24.5 Å². The zero-order valence-electron chi connectivity index (χ0n) is 25.6. The topological polar surface area (TPSA) is 143 Å². The van der Waals surface area contributed by atoms with Crippen LogP contribution in [0, 0.1) is 12.7 Å². The lowest BCUT2D eigenvalue weighted by molar-refractivity contribution is -0.0123. The van der Waals surface area contributed by atoms with Gasteiger partial charge in [-0.2, -0.15) is 0 Å². The van der Waals surface area contributed by atoms with E-state index >= 15 is 4.39 Å². The summed E-state index contributed by atoms with van der Waals surface area (Å²) in [6.07, 6.45) is 2.72. The molecule has 2 atom stereocenters. The molecule has 2 unspecified atom stereocenters.